The predicted octanol–water partition coefficient (Wildman–Crippen LogP) is 1.65. The molecule has 0 aliphatic carbocycles. The minimum Gasteiger partial charge on any atom is -0.395 e. The normalized spacial score (nSPS) is 17.5. The molecule has 1 aliphatic rings. The lowest BCUT2D eigenvalue weighted by molar-refractivity contribution is -0.118. The van der Waals surface area contributed by atoms with Crippen LogP contribution in [0.2, 0.25) is 0 Å². The van der Waals surface area contributed by atoms with Crippen molar-refractivity contribution in [1.82, 2.24) is 0 Å². The van der Waals surface area contributed by atoms with Gasteiger partial charge in [-0.1, -0.05) is 19.9 Å². The smallest absolute Gasteiger partial charge is 0.248 e. The first-order valence-electron chi connectivity index (χ1n) is 7.59. The second-order valence-electron chi connectivity index (χ2n) is 5.51. The van der Waals surface area contributed by atoms with Crippen molar-refractivity contribution in [1.29, 1.82) is 0 Å². The van der Waals surface area contributed by atoms with Gasteiger partial charge in [0, 0.05) is 30.9 Å². The Bertz CT molecular complexity index is 514. The van der Waals surface area contributed by atoms with Crippen LogP contribution in [-0.2, 0) is 4.79 Å². The topological polar surface area (TPSA) is 69.8 Å². The van der Waals surface area contributed by atoms with Crippen LogP contribution in [0.25, 0.3) is 0 Å². The third-order valence-corrected chi connectivity index (χ3v) is 4.36. The van der Waals surface area contributed by atoms with Gasteiger partial charge in [0.15, 0.2) is 0 Å². The minimum absolute atomic E-state index is 0.0709. The molecule has 21 heavy (non-hydrogen) atoms. The summed E-state index contributed by atoms with van der Waals surface area (Å²) in [5.41, 5.74) is 8.71. The first-order valence-corrected chi connectivity index (χ1v) is 7.59. The molecule has 0 spiro atoms. The number of nitrogens with zero attached hydrogens (tertiary/aromatic N) is 2. The van der Waals surface area contributed by atoms with Crippen LogP contribution in [0.1, 0.15) is 38.3 Å². The number of amides is 1. The highest BCUT2D eigenvalue weighted by atomic mass is 16.3. The number of hydrogen-bond acceptors (Lipinski definition) is 4. The lowest BCUT2D eigenvalue weighted by Gasteiger charge is -2.32. The van der Waals surface area contributed by atoms with E-state index >= 15 is 0 Å². The molecule has 1 aromatic carbocycles. The summed E-state index contributed by atoms with van der Waals surface area (Å²) in [6.45, 7) is 5.01. The number of fused-ring (bicyclic) bond motifs is 1. The second kappa shape index (κ2) is 6.45. The third-order valence-electron chi connectivity index (χ3n) is 4.36. The number of anilines is 2. The summed E-state index contributed by atoms with van der Waals surface area (Å²) < 4.78 is 0. The molecule has 5 nitrogen and oxygen atoms in total. The van der Waals surface area contributed by atoms with Gasteiger partial charge >= 0.3 is 0 Å². The van der Waals surface area contributed by atoms with Crippen LogP contribution in [0.4, 0.5) is 11.4 Å². The van der Waals surface area contributed by atoms with Crippen LogP contribution in [-0.4, -0.2) is 37.3 Å². The van der Waals surface area contributed by atoms with Crippen molar-refractivity contribution < 1.29 is 9.90 Å². The van der Waals surface area contributed by atoms with E-state index in [9.17, 15) is 9.90 Å². The first kappa shape index (κ1) is 15.8. The van der Waals surface area contributed by atoms with Gasteiger partial charge in [-0.05, 0) is 25.0 Å². The highest BCUT2D eigenvalue weighted by Crippen LogP contribution is 2.37. The zero-order valence-electron chi connectivity index (χ0n) is 13.0. The van der Waals surface area contributed by atoms with Crippen molar-refractivity contribution in [3.63, 3.8) is 0 Å². The molecule has 1 atom stereocenters. The maximum absolute atomic E-state index is 12.0. The van der Waals surface area contributed by atoms with E-state index in [0.717, 1.165) is 29.8 Å². The third kappa shape index (κ3) is 2.76. The Labute approximate surface area is 126 Å². The Morgan fingerprint density at radius 1 is 1.38 bits per heavy atom. The quantitative estimate of drug-likeness (QED) is 0.836. The van der Waals surface area contributed by atoms with Crippen LogP contribution in [0.3, 0.4) is 0 Å². The molecule has 1 aliphatic heterocycles. The molecule has 0 radical (unpaired) electrons. The van der Waals surface area contributed by atoms with E-state index in [2.05, 4.69) is 18.7 Å². The molecule has 0 saturated carbocycles. The zero-order chi connectivity index (χ0) is 15.6. The lowest BCUT2D eigenvalue weighted by atomic mass is 10.1. The van der Waals surface area contributed by atoms with Gasteiger partial charge in [0.2, 0.25) is 5.91 Å². The van der Waals surface area contributed by atoms with Gasteiger partial charge < -0.3 is 20.6 Å². The monoisotopic (exact) mass is 291 g/mol. The van der Waals surface area contributed by atoms with E-state index in [1.807, 2.05) is 18.2 Å². The first-order chi connectivity index (χ1) is 10.0. The molecule has 0 aromatic heterocycles. The van der Waals surface area contributed by atoms with Crippen molar-refractivity contribution in [2.75, 3.05) is 30.0 Å². The molecule has 1 unspecified atom stereocenters. The number of nitrogens with two attached hydrogens (primary N) is 1. The molecule has 1 aromatic rings. The van der Waals surface area contributed by atoms with Gasteiger partial charge in [-0.15, -0.1) is 0 Å². The van der Waals surface area contributed by atoms with Crippen molar-refractivity contribution >= 4 is 17.3 Å². The summed E-state index contributed by atoms with van der Waals surface area (Å²) in [4.78, 5) is 15.8. The number of hydrogen-bond donors (Lipinski definition) is 2. The summed E-state index contributed by atoms with van der Waals surface area (Å²) in [7, 11) is 1.76. The maximum atomic E-state index is 12.0. The number of benzene rings is 1. The Hall–Kier alpha value is -1.59. The van der Waals surface area contributed by atoms with E-state index in [-0.39, 0.29) is 12.5 Å². The molecule has 1 heterocycles. The Balaban J connectivity index is 2.38. The van der Waals surface area contributed by atoms with E-state index < -0.39 is 6.04 Å². The average molecular weight is 291 g/mol. The summed E-state index contributed by atoms with van der Waals surface area (Å²) >= 11 is 0. The van der Waals surface area contributed by atoms with Crippen molar-refractivity contribution in [3.05, 3.63) is 23.8 Å². The molecule has 5 heteroatoms. The van der Waals surface area contributed by atoms with Gasteiger partial charge in [-0.25, -0.2) is 0 Å². The minimum atomic E-state index is -0.557. The Morgan fingerprint density at radius 3 is 2.62 bits per heavy atom. The van der Waals surface area contributed by atoms with Crippen molar-refractivity contribution in [2.45, 2.75) is 38.8 Å². The van der Waals surface area contributed by atoms with Crippen LogP contribution in [0.15, 0.2) is 18.2 Å². The van der Waals surface area contributed by atoms with Gasteiger partial charge in [0.05, 0.1) is 12.3 Å². The van der Waals surface area contributed by atoms with E-state index in [1.54, 1.807) is 11.9 Å². The number of rotatable bonds is 6. The molecular formula is C16H25N3O2. The molecule has 0 saturated heterocycles. The fourth-order valence-electron chi connectivity index (χ4n) is 3.08. The van der Waals surface area contributed by atoms with Crippen LogP contribution in [0, 0.1) is 0 Å². The largest absolute Gasteiger partial charge is 0.395 e. The molecule has 0 fully saturated rings. The zero-order valence-corrected chi connectivity index (χ0v) is 13.0. The summed E-state index contributed by atoms with van der Waals surface area (Å²) in [5, 5.41) is 9.34. The van der Waals surface area contributed by atoms with Gasteiger partial charge in [0.25, 0.3) is 0 Å². The number of aliphatic hydroxyl groups excluding tert-OH is 1. The molecule has 116 valence electrons. The highest BCUT2D eigenvalue weighted by Gasteiger charge is 2.33. The highest BCUT2D eigenvalue weighted by molar-refractivity contribution is 6.04. The molecule has 3 N–H and O–H groups in total. The fraction of sp³-hybridized carbons (Fsp3) is 0.562. The SMILES string of the molecule is CCC(CC)N(CCO)c1ccc2c(c1)N(C)C(=O)C2N. The second-order valence-corrected chi connectivity index (χ2v) is 5.51. The predicted molar refractivity (Wildman–Crippen MR) is 85.6 cm³/mol. The van der Waals surface area contributed by atoms with E-state index in [0.29, 0.717) is 12.6 Å². The Kier molecular flexibility index (Phi) is 4.85. The standard InChI is InChI=1S/C16H25N3O2/c1-4-11(5-2)19(8-9-20)12-6-7-13-14(10-12)18(3)16(21)15(13)17/h6-7,10-11,15,20H,4-5,8-9,17H2,1-3H3. The Morgan fingerprint density at radius 2 is 2.05 bits per heavy atom. The van der Waals surface area contributed by atoms with Crippen molar-refractivity contribution in [3.8, 4) is 0 Å². The van der Waals surface area contributed by atoms with E-state index in [1.165, 1.54) is 0 Å². The van der Waals surface area contributed by atoms with Crippen LogP contribution in [0.5, 0.6) is 0 Å². The molecule has 2 rings (SSSR count). The number of carbonyl (C=O) groups is 1. The van der Waals surface area contributed by atoms with Crippen LogP contribution >= 0.6 is 0 Å². The number of carbonyl (C=O) groups excluding carboxylic acids is 1. The summed E-state index contributed by atoms with van der Waals surface area (Å²) in [5.74, 6) is -0.0709. The fourth-order valence-corrected chi connectivity index (χ4v) is 3.08. The molecule has 1 amide bonds. The van der Waals surface area contributed by atoms with E-state index in [4.69, 9.17) is 5.73 Å². The van der Waals surface area contributed by atoms with Gasteiger partial charge in [-0.3, -0.25) is 4.79 Å². The summed E-state index contributed by atoms with van der Waals surface area (Å²) in [6, 6.07) is 5.77. The van der Waals surface area contributed by atoms with Gasteiger partial charge in [0.1, 0.15) is 6.04 Å². The number of aliphatic hydroxyl groups is 1. The van der Waals surface area contributed by atoms with Crippen molar-refractivity contribution in [2.24, 2.45) is 5.73 Å². The number of likely N-dealkylation sites (N-methyl/N-ethyl adjacent to an activating group) is 1. The van der Waals surface area contributed by atoms with Gasteiger partial charge in [-0.2, -0.15) is 0 Å². The lowest BCUT2D eigenvalue weighted by Crippen LogP contribution is -2.36. The maximum Gasteiger partial charge on any atom is 0.248 e. The average Bonchev–Trinajstić information content (AvgIpc) is 2.72. The van der Waals surface area contributed by atoms with Crippen LogP contribution < -0.4 is 15.5 Å². The molecular weight excluding hydrogens is 266 g/mol. The summed E-state index contributed by atoms with van der Waals surface area (Å²) in [6.07, 6.45) is 2.03. The molecule has 0 bridgehead atoms.